The second kappa shape index (κ2) is 10.4. The smallest absolute Gasteiger partial charge is 0.340 e. The molecule has 0 atom stereocenters. The van der Waals surface area contributed by atoms with Crippen LogP contribution >= 0.6 is 23.2 Å². The molecule has 0 radical (unpaired) electrons. The van der Waals surface area contributed by atoms with Crippen LogP contribution in [0.2, 0.25) is 10.0 Å². The molecule has 1 aliphatic heterocycles. The highest BCUT2D eigenvalue weighted by atomic mass is 35.5. The van der Waals surface area contributed by atoms with E-state index in [4.69, 9.17) is 27.9 Å². The van der Waals surface area contributed by atoms with E-state index < -0.39 is 28.5 Å². The number of imide groups is 1. The van der Waals surface area contributed by atoms with Crippen molar-refractivity contribution in [2.24, 2.45) is 0 Å². The highest BCUT2D eigenvalue weighted by molar-refractivity contribution is 7.92. The fraction of sp³-hybridized carbons (Fsp3) is 0.227. The average molecular weight is 511 g/mol. The molecule has 0 aliphatic carbocycles. The SMILES string of the molecule is C=CCN(c1ccc(Cl)cc1)S(=O)(=O)c1ccc(Cl)c(C(=O)OCC(=O)N2CCCC2=O)c1. The lowest BCUT2D eigenvalue weighted by Crippen LogP contribution is -2.35. The van der Waals surface area contributed by atoms with Crippen molar-refractivity contribution in [2.45, 2.75) is 17.7 Å². The predicted octanol–water partition coefficient (Wildman–Crippen LogP) is 3.68. The lowest BCUT2D eigenvalue weighted by Gasteiger charge is -2.23. The van der Waals surface area contributed by atoms with Gasteiger partial charge in [0.05, 0.1) is 27.7 Å². The first kappa shape index (κ1) is 24.8. The Balaban J connectivity index is 1.84. The Bertz CT molecular complexity index is 1200. The zero-order valence-electron chi connectivity index (χ0n) is 17.4. The summed E-state index contributed by atoms with van der Waals surface area (Å²) in [5.41, 5.74) is 0.118. The fourth-order valence-corrected chi connectivity index (χ4v) is 4.99. The van der Waals surface area contributed by atoms with Gasteiger partial charge >= 0.3 is 5.97 Å². The van der Waals surface area contributed by atoms with Gasteiger partial charge in [0.1, 0.15) is 0 Å². The zero-order chi connectivity index (χ0) is 24.2. The zero-order valence-corrected chi connectivity index (χ0v) is 19.7. The van der Waals surface area contributed by atoms with Crippen LogP contribution in [0.4, 0.5) is 5.69 Å². The van der Waals surface area contributed by atoms with E-state index in [1.807, 2.05) is 0 Å². The van der Waals surface area contributed by atoms with E-state index >= 15 is 0 Å². The van der Waals surface area contributed by atoms with Gasteiger partial charge in [0.15, 0.2) is 6.61 Å². The van der Waals surface area contributed by atoms with Crippen molar-refractivity contribution in [3.8, 4) is 0 Å². The Morgan fingerprint density at radius 3 is 2.45 bits per heavy atom. The number of anilines is 1. The third-order valence-corrected chi connectivity index (χ3v) is 7.23. The summed E-state index contributed by atoms with van der Waals surface area (Å²) < 4.78 is 32.7. The fourth-order valence-electron chi connectivity index (χ4n) is 3.21. The van der Waals surface area contributed by atoms with Crippen LogP contribution in [-0.2, 0) is 24.3 Å². The maximum atomic E-state index is 13.3. The number of sulfonamides is 1. The molecular weight excluding hydrogens is 491 g/mol. The van der Waals surface area contributed by atoms with Gasteiger partial charge in [0, 0.05) is 18.0 Å². The van der Waals surface area contributed by atoms with Crippen LogP contribution in [0.5, 0.6) is 0 Å². The monoisotopic (exact) mass is 510 g/mol. The summed E-state index contributed by atoms with van der Waals surface area (Å²) in [7, 11) is -4.12. The van der Waals surface area contributed by atoms with Gasteiger partial charge in [-0.15, -0.1) is 6.58 Å². The number of likely N-dealkylation sites (tertiary alicyclic amines) is 1. The van der Waals surface area contributed by atoms with Gasteiger partial charge < -0.3 is 4.74 Å². The van der Waals surface area contributed by atoms with Crippen molar-refractivity contribution in [3.63, 3.8) is 0 Å². The quantitative estimate of drug-likeness (QED) is 0.396. The normalized spacial score (nSPS) is 13.6. The van der Waals surface area contributed by atoms with E-state index in [9.17, 15) is 22.8 Å². The van der Waals surface area contributed by atoms with E-state index in [-0.39, 0.29) is 40.9 Å². The minimum Gasteiger partial charge on any atom is -0.452 e. The number of nitrogens with zero attached hydrogens (tertiary/aromatic N) is 2. The number of benzene rings is 2. The Hall–Kier alpha value is -2.88. The van der Waals surface area contributed by atoms with Gasteiger partial charge in [0.25, 0.3) is 15.9 Å². The van der Waals surface area contributed by atoms with E-state index in [1.54, 1.807) is 24.3 Å². The number of ether oxygens (including phenoxy) is 1. The molecule has 0 spiro atoms. The molecule has 174 valence electrons. The van der Waals surface area contributed by atoms with Crippen molar-refractivity contribution in [2.75, 3.05) is 24.0 Å². The lowest BCUT2D eigenvalue weighted by atomic mass is 10.2. The summed E-state index contributed by atoms with van der Waals surface area (Å²) >= 11 is 12.0. The van der Waals surface area contributed by atoms with Crippen molar-refractivity contribution in [1.82, 2.24) is 4.90 Å². The van der Waals surface area contributed by atoms with Crippen LogP contribution in [0.1, 0.15) is 23.2 Å². The largest absolute Gasteiger partial charge is 0.452 e. The van der Waals surface area contributed by atoms with E-state index in [0.717, 1.165) is 15.3 Å². The predicted molar refractivity (Wildman–Crippen MR) is 124 cm³/mol. The van der Waals surface area contributed by atoms with Crippen molar-refractivity contribution >= 4 is 56.7 Å². The molecular formula is C22H20Cl2N2O6S. The molecule has 1 heterocycles. The molecule has 0 N–H and O–H groups in total. The molecule has 0 bridgehead atoms. The maximum Gasteiger partial charge on any atom is 0.340 e. The van der Waals surface area contributed by atoms with Crippen molar-refractivity contribution < 1.29 is 27.5 Å². The summed E-state index contributed by atoms with van der Waals surface area (Å²) in [6.07, 6.45) is 2.24. The van der Waals surface area contributed by atoms with Gasteiger partial charge in [-0.05, 0) is 48.9 Å². The molecule has 1 fully saturated rings. The Kier molecular flexibility index (Phi) is 7.78. The second-order valence-corrected chi connectivity index (χ2v) is 9.77. The number of amides is 2. The summed E-state index contributed by atoms with van der Waals surface area (Å²) in [5, 5.41) is 0.391. The summed E-state index contributed by atoms with van der Waals surface area (Å²) in [5.74, 6) is -1.96. The minimum absolute atomic E-state index is 0.0370. The maximum absolute atomic E-state index is 13.3. The first-order chi connectivity index (χ1) is 15.6. The topological polar surface area (TPSA) is 101 Å². The molecule has 11 heteroatoms. The molecule has 0 unspecified atom stereocenters. The number of carbonyl (C=O) groups is 3. The van der Waals surface area contributed by atoms with Crippen LogP contribution in [0.3, 0.4) is 0 Å². The molecule has 3 rings (SSSR count). The van der Waals surface area contributed by atoms with Gasteiger partial charge in [-0.25, -0.2) is 13.2 Å². The highest BCUT2D eigenvalue weighted by Crippen LogP contribution is 2.28. The Labute approximate surface area is 201 Å². The molecule has 2 aromatic carbocycles. The summed E-state index contributed by atoms with van der Waals surface area (Å²) in [6.45, 7) is 3.18. The number of esters is 1. The van der Waals surface area contributed by atoms with E-state index in [2.05, 4.69) is 6.58 Å². The molecule has 2 aromatic rings. The van der Waals surface area contributed by atoms with E-state index in [1.165, 1.54) is 18.2 Å². The number of hydrogen-bond acceptors (Lipinski definition) is 6. The van der Waals surface area contributed by atoms with Crippen LogP contribution in [-0.4, -0.2) is 50.8 Å². The van der Waals surface area contributed by atoms with Crippen molar-refractivity contribution in [1.29, 1.82) is 0 Å². The van der Waals surface area contributed by atoms with Crippen LogP contribution < -0.4 is 4.31 Å². The summed E-state index contributed by atoms with van der Waals surface area (Å²) in [4.78, 5) is 37.1. The minimum atomic E-state index is -4.12. The summed E-state index contributed by atoms with van der Waals surface area (Å²) in [6, 6.07) is 9.78. The highest BCUT2D eigenvalue weighted by Gasteiger charge is 2.29. The van der Waals surface area contributed by atoms with Crippen LogP contribution in [0.25, 0.3) is 0 Å². The molecule has 0 aromatic heterocycles. The number of hydrogen-bond donors (Lipinski definition) is 0. The van der Waals surface area contributed by atoms with Gasteiger partial charge in [-0.2, -0.15) is 0 Å². The molecule has 1 saturated heterocycles. The van der Waals surface area contributed by atoms with Gasteiger partial charge in [0.2, 0.25) is 5.91 Å². The molecule has 8 nitrogen and oxygen atoms in total. The second-order valence-electron chi connectivity index (χ2n) is 7.06. The van der Waals surface area contributed by atoms with Gasteiger partial charge in [-0.1, -0.05) is 29.3 Å². The number of halogens is 2. The number of rotatable bonds is 8. The van der Waals surface area contributed by atoms with Crippen LogP contribution in [0.15, 0.2) is 60.0 Å². The van der Waals surface area contributed by atoms with Crippen LogP contribution in [0, 0.1) is 0 Å². The molecule has 2 amide bonds. The standard InChI is InChI=1S/C22H20Cl2N2O6S/c1-2-11-26(16-7-5-15(23)6-8-16)33(30,31)17-9-10-19(24)18(13-17)22(29)32-14-21(28)25-12-3-4-20(25)27/h2,5-10,13H,1,3-4,11-12,14H2. The van der Waals surface area contributed by atoms with E-state index in [0.29, 0.717) is 17.1 Å². The first-order valence-corrected chi connectivity index (χ1v) is 12.0. The molecule has 0 saturated carbocycles. The van der Waals surface area contributed by atoms with Crippen molar-refractivity contribution in [3.05, 3.63) is 70.7 Å². The average Bonchev–Trinajstić information content (AvgIpc) is 3.22. The molecule has 1 aliphatic rings. The third-order valence-electron chi connectivity index (χ3n) is 4.86. The first-order valence-electron chi connectivity index (χ1n) is 9.84. The Morgan fingerprint density at radius 2 is 1.85 bits per heavy atom. The molecule has 33 heavy (non-hydrogen) atoms. The Morgan fingerprint density at radius 1 is 1.15 bits per heavy atom. The van der Waals surface area contributed by atoms with Gasteiger partial charge in [-0.3, -0.25) is 18.8 Å². The third kappa shape index (κ3) is 5.55. The number of carbonyl (C=O) groups excluding carboxylic acids is 3. The lowest BCUT2D eigenvalue weighted by molar-refractivity contribution is -0.143.